The Morgan fingerprint density at radius 2 is 1.63 bits per heavy atom. The maximum absolute atomic E-state index is 13.5. The lowest BCUT2D eigenvalue weighted by Crippen LogP contribution is -2.40. The molecular formula is C22H21ClN2O5. The van der Waals surface area contributed by atoms with Crippen molar-refractivity contribution in [1.29, 1.82) is 0 Å². The van der Waals surface area contributed by atoms with Gasteiger partial charge >= 0.3 is 0 Å². The molecule has 30 heavy (non-hydrogen) atoms. The number of morpholine rings is 1. The molecule has 1 saturated heterocycles. The van der Waals surface area contributed by atoms with Crippen molar-refractivity contribution in [3.63, 3.8) is 0 Å². The van der Waals surface area contributed by atoms with Crippen LogP contribution in [0.5, 0.6) is 11.5 Å². The summed E-state index contributed by atoms with van der Waals surface area (Å²) in [5.74, 6) is 0.177. The van der Waals surface area contributed by atoms with Crippen LogP contribution in [0.1, 0.15) is 5.56 Å². The second kappa shape index (κ2) is 8.38. The van der Waals surface area contributed by atoms with Crippen LogP contribution >= 0.6 is 11.6 Å². The summed E-state index contributed by atoms with van der Waals surface area (Å²) in [6.07, 6.45) is 0. The number of carbonyl (C=O) groups excluding carboxylic acids is 2. The standard InChI is InChI=1S/C22H21ClN2O5/c1-28-17-8-7-14(13-18(17)29-2)19-20(24-9-11-30-12-10-24)22(27)25(21(19)26)16-6-4-3-5-15(16)23/h3-8,13H,9-12H2,1-2H3. The van der Waals surface area contributed by atoms with Gasteiger partial charge in [0.25, 0.3) is 11.8 Å². The minimum absolute atomic E-state index is 0.308. The van der Waals surface area contributed by atoms with Gasteiger partial charge < -0.3 is 19.1 Å². The number of para-hydroxylation sites is 1. The molecule has 2 aromatic carbocycles. The third kappa shape index (κ3) is 3.40. The van der Waals surface area contributed by atoms with E-state index in [1.165, 1.54) is 7.11 Å². The molecule has 7 nitrogen and oxygen atoms in total. The Labute approximate surface area is 179 Å². The lowest BCUT2D eigenvalue weighted by Gasteiger charge is -2.29. The van der Waals surface area contributed by atoms with E-state index in [1.54, 1.807) is 49.6 Å². The summed E-state index contributed by atoms with van der Waals surface area (Å²) in [6.45, 7) is 2.00. The molecule has 0 atom stereocenters. The number of ether oxygens (including phenoxy) is 3. The topological polar surface area (TPSA) is 68.3 Å². The molecule has 0 radical (unpaired) electrons. The Hall–Kier alpha value is -3.03. The Morgan fingerprint density at radius 1 is 0.933 bits per heavy atom. The first-order chi connectivity index (χ1) is 14.6. The lowest BCUT2D eigenvalue weighted by molar-refractivity contribution is -0.121. The first-order valence-corrected chi connectivity index (χ1v) is 9.87. The Balaban J connectivity index is 1.86. The molecule has 0 unspecified atom stereocenters. The largest absolute Gasteiger partial charge is 0.493 e. The van der Waals surface area contributed by atoms with Crippen molar-refractivity contribution in [3.8, 4) is 11.5 Å². The van der Waals surface area contributed by atoms with Crippen LogP contribution < -0.4 is 14.4 Å². The van der Waals surface area contributed by atoms with E-state index in [0.29, 0.717) is 65.3 Å². The number of halogens is 1. The third-order valence-electron chi connectivity index (χ3n) is 5.15. The van der Waals surface area contributed by atoms with Crippen LogP contribution in [0.3, 0.4) is 0 Å². The number of methoxy groups -OCH3 is 2. The summed E-state index contributed by atoms with van der Waals surface area (Å²) in [5.41, 5.74) is 1.58. The van der Waals surface area contributed by atoms with Crippen LogP contribution in [0, 0.1) is 0 Å². The van der Waals surface area contributed by atoms with E-state index in [1.807, 2.05) is 4.90 Å². The molecule has 0 bridgehead atoms. The fraction of sp³-hybridized carbons (Fsp3) is 0.273. The zero-order chi connectivity index (χ0) is 21.3. The highest BCUT2D eigenvalue weighted by Crippen LogP contribution is 2.39. The van der Waals surface area contributed by atoms with Gasteiger partial charge in [0.15, 0.2) is 11.5 Å². The zero-order valence-corrected chi connectivity index (χ0v) is 17.4. The number of nitrogens with zero attached hydrogens (tertiary/aromatic N) is 2. The number of imide groups is 1. The normalized spacial score (nSPS) is 17.0. The summed E-state index contributed by atoms with van der Waals surface area (Å²) in [7, 11) is 3.07. The molecule has 2 aliphatic rings. The molecule has 8 heteroatoms. The summed E-state index contributed by atoms with van der Waals surface area (Å²) in [5, 5.41) is 0.328. The SMILES string of the molecule is COc1ccc(C2=C(N3CCOCC3)C(=O)N(c3ccccc3Cl)C2=O)cc1OC. The molecule has 0 spiro atoms. The maximum Gasteiger partial charge on any atom is 0.282 e. The van der Waals surface area contributed by atoms with Gasteiger partial charge in [-0.05, 0) is 29.8 Å². The molecule has 2 aliphatic heterocycles. The van der Waals surface area contributed by atoms with E-state index in [2.05, 4.69) is 0 Å². The highest BCUT2D eigenvalue weighted by atomic mass is 35.5. The number of amides is 2. The van der Waals surface area contributed by atoms with Crippen molar-refractivity contribution in [2.45, 2.75) is 0 Å². The maximum atomic E-state index is 13.5. The quantitative estimate of drug-likeness (QED) is 0.682. The summed E-state index contributed by atoms with van der Waals surface area (Å²) < 4.78 is 16.1. The van der Waals surface area contributed by atoms with Crippen LogP contribution in [0.25, 0.3) is 5.57 Å². The van der Waals surface area contributed by atoms with Crippen LogP contribution in [0.2, 0.25) is 5.02 Å². The highest BCUT2D eigenvalue weighted by Gasteiger charge is 2.43. The van der Waals surface area contributed by atoms with Gasteiger partial charge in [0.2, 0.25) is 0 Å². The Bertz CT molecular complexity index is 1030. The molecule has 0 N–H and O–H groups in total. The van der Waals surface area contributed by atoms with Gasteiger partial charge in [0.05, 0.1) is 43.7 Å². The number of hydrogen-bond donors (Lipinski definition) is 0. The number of anilines is 1. The number of benzene rings is 2. The van der Waals surface area contributed by atoms with E-state index in [4.69, 9.17) is 25.8 Å². The molecule has 0 aliphatic carbocycles. The highest BCUT2D eigenvalue weighted by molar-refractivity contribution is 6.47. The summed E-state index contributed by atoms with van der Waals surface area (Å²) in [4.78, 5) is 30.0. The lowest BCUT2D eigenvalue weighted by atomic mass is 10.0. The predicted molar refractivity (Wildman–Crippen MR) is 113 cm³/mol. The van der Waals surface area contributed by atoms with E-state index >= 15 is 0 Å². The second-order valence-electron chi connectivity index (χ2n) is 6.79. The van der Waals surface area contributed by atoms with Crippen molar-refractivity contribution in [2.75, 3.05) is 45.4 Å². The van der Waals surface area contributed by atoms with Gasteiger partial charge in [-0.25, -0.2) is 4.90 Å². The molecule has 2 amide bonds. The number of rotatable bonds is 5. The number of hydrogen-bond acceptors (Lipinski definition) is 6. The average molecular weight is 429 g/mol. The van der Waals surface area contributed by atoms with Gasteiger partial charge in [-0.2, -0.15) is 0 Å². The molecule has 2 aromatic rings. The van der Waals surface area contributed by atoms with E-state index in [9.17, 15) is 9.59 Å². The summed E-state index contributed by atoms with van der Waals surface area (Å²) >= 11 is 6.31. The number of carbonyl (C=O) groups is 2. The minimum Gasteiger partial charge on any atom is -0.493 e. The Morgan fingerprint density at radius 3 is 2.30 bits per heavy atom. The van der Waals surface area contributed by atoms with Gasteiger partial charge in [-0.15, -0.1) is 0 Å². The zero-order valence-electron chi connectivity index (χ0n) is 16.7. The second-order valence-corrected chi connectivity index (χ2v) is 7.20. The Kier molecular flexibility index (Phi) is 5.65. The van der Waals surface area contributed by atoms with E-state index in [-0.39, 0.29) is 0 Å². The van der Waals surface area contributed by atoms with Crippen LogP contribution in [0.4, 0.5) is 5.69 Å². The van der Waals surface area contributed by atoms with Crippen molar-refractivity contribution >= 4 is 34.7 Å². The predicted octanol–water partition coefficient (Wildman–Crippen LogP) is 2.97. The van der Waals surface area contributed by atoms with Crippen molar-refractivity contribution < 1.29 is 23.8 Å². The molecule has 0 aromatic heterocycles. The van der Waals surface area contributed by atoms with Gasteiger partial charge in [-0.3, -0.25) is 9.59 Å². The fourth-order valence-corrected chi connectivity index (χ4v) is 3.92. The fourth-order valence-electron chi connectivity index (χ4n) is 3.70. The smallest absolute Gasteiger partial charge is 0.282 e. The first kappa shape index (κ1) is 20.3. The van der Waals surface area contributed by atoms with Crippen LogP contribution in [-0.2, 0) is 14.3 Å². The molecule has 4 rings (SSSR count). The molecule has 156 valence electrons. The van der Waals surface area contributed by atoms with Crippen LogP contribution in [-0.4, -0.2) is 57.2 Å². The van der Waals surface area contributed by atoms with Gasteiger partial charge in [-0.1, -0.05) is 29.8 Å². The average Bonchev–Trinajstić information content (AvgIpc) is 3.04. The molecule has 2 heterocycles. The molecular weight excluding hydrogens is 408 g/mol. The van der Waals surface area contributed by atoms with Crippen molar-refractivity contribution in [2.24, 2.45) is 0 Å². The van der Waals surface area contributed by atoms with Crippen molar-refractivity contribution in [1.82, 2.24) is 4.90 Å². The van der Waals surface area contributed by atoms with Crippen LogP contribution in [0.15, 0.2) is 48.2 Å². The molecule has 1 fully saturated rings. The summed E-state index contributed by atoms with van der Waals surface area (Å²) in [6, 6.07) is 12.0. The monoisotopic (exact) mass is 428 g/mol. The van der Waals surface area contributed by atoms with Crippen molar-refractivity contribution in [3.05, 3.63) is 58.7 Å². The third-order valence-corrected chi connectivity index (χ3v) is 5.47. The molecule has 0 saturated carbocycles. The minimum atomic E-state index is -0.429. The van der Waals surface area contributed by atoms with E-state index in [0.717, 1.165) is 4.90 Å². The van der Waals surface area contributed by atoms with E-state index < -0.39 is 11.8 Å². The first-order valence-electron chi connectivity index (χ1n) is 9.49. The van der Waals surface area contributed by atoms with Gasteiger partial charge in [0, 0.05) is 13.1 Å². The van der Waals surface area contributed by atoms with Gasteiger partial charge in [0.1, 0.15) is 5.70 Å².